The maximum absolute atomic E-state index is 11.5. The molecule has 2 rings (SSSR count). The summed E-state index contributed by atoms with van der Waals surface area (Å²) in [7, 11) is 0. The fourth-order valence-electron chi connectivity index (χ4n) is 1.95. The summed E-state index contributed by atoms with van der Waals surface area (Å²) in [5.41, 5.74) is 1.12. The monoisotopic (exact) mass is 246 g/mol. The Bertz CT molecular complexity index is 442. The molecule has 0 heterocycles. The number of ketones is 1. The first kappa shape index (κ1) is 12.1. The molecule has 88 valence electrons. The van der Waals surface area contributed by atoms with Gasteiger partial charge in [-0.25, -0.2) is 0 Å². The number of carbonyl (C=O) groups is 1. The van der Waals surface area contributed by atoms with Crippen LogP contribution >= 0.6 is 11.6 Å². The Labute approximate surface area is 107 Å². The third kappa shape index (κ3) is 3.57. The van der Waals surface area contributed by atoms with E-state index in [0.717, 1.165) is 29.8 Å². The quantitative estimate of drug-likeness (QED) is 0.778. The second kappa shape index (κ2) is 5.83. The molecule has 0 N–H and O–H groups in total. The number of hydrogen-bond donors (Lipinski definition) is 0. The first-order valence-corrected chi connectivity index (χ1v) is 6.26. The zero-order valence-corrected chi connectivity index (χ0v) is 10.4. The van der Waals surface area contributed by atoms with Crippen LogP contribution in [0.2, 0.25) is 5.02 Å². The summed E-state index contributed by atoms with van der Waals surface area (Å²) in [6.45, 7) is 0. The molecule has 1 aliphatic rings. The van der Waals surface area contributed by atoms with Gasteiger partial charge in [0.25, 0.3) is 0 Å². The molecule has 0 fully saturated rings. The van der Waals surface area contributed by atoms with E-state index in [0.29, 0.717) is 0 Å². The molecule has 0 aliphatic heterocycles. The van der Waals surface area contributed by atoms with Gasteiger partial charge >= 0.3 is 0 Å². The van der Waals surface area contributed by atoms with E-state index in [1.807, 2.05) is 36.4 Å². The summed E-state index contributed by atoms with van der Waals surface area (Å²) in [4.78, 5) is 11.5. The molecule has 1 aliphatic carbocycles. The fourth-order valence-corrected chi connectivity index (χ4v) is 2.08. The molecule has 0 saturated carbocycles. The number of hydrogen-bond acceptors (Lipinski definition) is 1. The zero-order chi connectivity index (χ0) is 12.1. The van der Waals surface area contributed by atoms with Gasteiger partial charge < -0.3 is 0 Å². The van der Waals surface area contributed by atoms with Crippen LogP contribution < -0.4 is 0 Å². The molecule has 1 unspecified atom stereocenters. The van der Waals surface area contributed by atoms with Gasteiger partial charge in [-0.15, -0.1) is 0 Å². The van der Waals surface area contributed by atoms with Crippen molar-refractivity contribution in [3.63, 3.8) is 0 Å². The summed E-state index contributed by atoms with van der Waals surface area (Å²) in [5, 5.41) is 0.745. The molecule has 17 heavy (non-hydrogen) atoms. The van der Waals surface area contributed by atoms with Crippen molar-refractivity contribution in [2.45, 2.75) is 19.3 Å². The van der Waals surface area contributed by atoms with Crippen molar-refractivity contribution in [2.75, 3.05) is 0 Å². The van der Waals surface area contributed by atoms with Crippen LogP contribution in [-0.2, 0) is 4.79 Å². The smallest absolute Gasteiger partial charge is 0.158 e. The van der Waals surface area contributed by atoms with Crippen LogP contribution in [0.5, 0.6) is 0 Å². The van der Waals surface area contributed by atoms with E-state index in [9.17, 15) is 4.79 Å². The predicted molar refractivity (Wildman–Crippen MR) is 72.0 cm³/mol. The second-order valence-electron chi connectivity index (χ2n) is 4.27. The number of rotatable bonds is 3. The number of halogens is 1. The first-order valence-electron chi connectivity index (χ1n) is 5.88. The van der Waals surface area contributed by atoms with Crippen LogP contribution in [0.4, 0.5) is 0 Å². The van der Waals surface area contributed by atoms with Gasteiger partial charge in [-0.1, -0.05) is 42.0 Å². The van der Waals surface area contributed by atoms with Crippen molar-refractivity contribution in [2.24, 2.45) is 5.92 Å². The number of benzene rings is 1. The summed E-state index contributed by atoms with van der Waals surface area (Å²) in [6.07, 6.45) is 10.6. The van der Waals surface area contributed by atoms with Crippen molar-refractivity contribution in [3.8, 4) is 0 Å². The van der Waals surface area contributed by atoms with Crippen LogP contribution in [-0.4, -0.2) is 5.78 Å². The highest BCUT2D eigenvalue weighted by Gasteiger charge is 2.16. The molecule has 0 bridgehead atoms. The average molecular weight is 247 g/mol. The Balaban J connectivity index is 1.91. The third-order valence-electron chi connectivity index (χ3n) is 2.97. The lowest BCUT2D eigenvalue weighted by Gasteiger charge is -2.13. The van der Waals surface area contributed by atoms with Crippen molar-refractivity contribution in [3.05, 3.63) is 53.1 Å². The summed E-state index contributed by atoms with van der Waals surface area (Å²) in [6, 6.07) is 7.69. The van der Waals surface area contributed by atoms with Gasteiger partial charge in [0.05, 0.1) is 0 Å². The van der Waals surface area contributed by atoms with E-state index in [1.165, 1.54) is 0 Å². The van der Waals surface area contributed by atoms with E-state index >= 15 is 0 Å². The van der Waals surface area contributed by atoms with Crippen LogP contribution in [0, 0.1) is 5.92 Å². The molecule has 2 heteroatoms. The molecular weight excluding hydrogens is 232 g/mol. The molecule has 1 aromatic carbocycles. The minimum Gasteiger partial charge on any atom is -0.295 e. The Morgan fingerprint density at radius 2 is 2.06 bits per heavy atom. The molecule has 0 saturated heterocycles. The zero-order valence-electron chi connectivity index (χ0n) is 9.60. The minimum absolute atomic E-state index is 0.170. The average Bonchev–Trinajstić information content (AvgIpc) is 2.34. The largest absolute Gasteiger partial charge is 0.295 e. The maximum Gasteiger partial charge on any atom is 0.158 e. The van der Waals surface area contributed by atoms with E-state index in [-0.39, 0.29) is 11.7 Å². The molecule has 1 atom stereocenters. The van der Waals surface area contributed by atoms with Gasteiger partial charge in [-0.05, 0) is 43.0 Å². The predicted octanol–water partition coefficient (Wildman–Crippen LogP) is 4.28. The van der Waals surface area contributed by atoms with Gasteiger partial charge in [0, 0.05) is 10.9 Å². The van der Waals surface area contributed by atoms with E-state index < -0.39 is 0 Å². The number of carbonyl (C=O) groups excluding carboxylic acids is 1. The summed E-state index contributed by atoms with van der Waals surface area (Å²) >= 11 is 5.81. The van der Waals surface area contributed by atoms with Crippen molar-refractivity contribution in [1.29, 1.82) is 0 Å². The lowest BCUT2D eigenvalue weighted by atomic mass is 9.90. The molecular formula is C15H15ClO. The summed E-state index contributed by atoms with van der Waals surface area (Å²) < 4.78 is 0. The van der Waals surface area contributed by atoms with Gasteiger partial charge in [0.15, 0.2) is 5.78 Å². The molecule has 0 aromatic heterocycles. The van der Waals surface area contributed by atoms with Crippen LogP contribution in [0.3, 0.4) is 0 Å². The Morgan fingerprint density at radius 3 is 2.76 bits per heavy atom. The summed E-state index contributed by atoms with van der Waals surface area (Å²) in [5.74, 6) is 0.431. The van der Waals surface area contributed by atoms with Crippen LogP contribution in [0.1, 0.15) is 24.8 Å². The highest BCUT2D eigenvalue weighted by Crippen LogP contribution is 2.19. The standard InChI is InChI=1S/C15H15ClO/c16-14-10-8-12(9-11-14)4-3-6-13-5-1-2-7-15(13)17/h2-4,7-11,13H,1,5-6H2. The molecule has 1 nitrogen and oxygen atoms in total. The van der Waals surface area contributed by atoms with Crippen molar-refractivity contribution >= 4 is 23.5 Å². The van der Waals surface area contributed by atoms with Gasteiger partial charge in [0.2, 0.25) is 0 Å². The van der Waals surface area contributed by atoms with Gasteiger partial charge in [0.1, 0.15) is 0 Å². The Morgan fingerprint density at radius 1 is 1.29 bits per heavy atom. The SMILES string of the molecule is O=C1C=CCCC1CC=Cc1ccc(Cl)cc1. The molecule has 1 aromatic rings. The van der Waals surface area contributed by atoms with Crippen LogP contribution in [0.15, 0.2) is 42.5 Å². The second-order valence-corrected chi connectivity index (χ2v) is 4.71. The maximum atomic E-state index is 11.5. The lowest BCUT2D eigenvalue weighted by molar-refractivity contribution is -0.118. The Hall–Kier alpha value is -1.34. The van der Waals surface area contributed by atoms with E-state index in [1.54, 1.807) is 6.08 Å². The topological polar surface area (TPSA) is 17.1 Å². The fraction of sp³-hybridized carbons (Fsp3) is 0.267. The first-order chi connectivity index (χ1) is 8.25. The van der Waals surface area contributed by atoms with Crippen molar-refractivity contribution in [1.82, 2.24) is 0 Å². The third-order valence-corrected chi connectivity index (χ3v) is 3.22. The van der Waals surface area contributed by atoms with E-state index in [4.69, 9.17) is 11.6 Å². The minimum atomic E-state index is 0.170. The van der Waals surface area contributed by atoms with E-state index in [2.05, 4.69) is 6.08 Å². The molecule has 0 radical (unpaired) electrons. The molecule has 0 spiro atoms. The lowest BCUT2D eigenvalue weighted by Crippen LogP contribution is -2.13. The normalized spacial score (nSPS) is 20.1. The molecule has 0 amide bonds. The highest BCUT2D eigenvalue weighted by molar-refractivity contribution is 6.30. The van der Waals surface area contributed by atoms with Crippen molar-refractivity contribution < 1.29 is 4.79 Å². The Kier molecular flexibility index (Phi) is 4.16. The van der Waals surface area contributed by atoms with Gasteiger partial charge in [-0.2, -0.15) is 0 Å². The van der Waals surface area contributed by atoms with Crippen LogP contribution in [0.25, 0.3) is 6.08 Å². The van der Waals surface area contributed by atoms with Gasteiger partial charge in [-0.3, -0.25) is 4.79 Å². The highest BCUT2D eigenvalue weighted by atomic mass is 35.5. The number of allylic oxidation sites excluding steroid dienone is 3.